The van der Waals surface area contributed by atoms with E-state index in [1.54, 1.807) is 13.0 Å². The lowest BCUT2D eigenvalue weighted by atomic mass is 10.1. The molecule has 1 heterocycles. The lowest BCUT2D eigenvalue weighted by molar-refractivity contribution is 0.281. The number of nitrogens with one attached hydrogen (secondary N) is 1. The van der Waals surface area contributed by atoms with E-state index < -0.39 is 15.8 Å². The van der Waals surface area contributed by atoms with Crippen LogP contribution in [0.5, 0.6) is 0 Å². The van der Waals surface area contributed by atoms with Crippen molar-refractivity contribution in [2.45, 2.75) is 18.4 Å². The van der Waals surface area contributed by atoms with Crippen LogP contribution in [0.1, 0.15) is 11.1 Å². The number of sulfonamides is 1. The maximum absolute atomic E-state index is 13.5. The van der Waals surface area contributed by atoms with E-state index in [2.05, 4.69) is 25.6 Å². The molecule has 0 bridgehead atoms. The molecule has 8 heteroatoms. The Bertz CT molecular complexity index is 781. The summed E-state index contributed by atoms with van der Waals surface area (Å²) in [6.07, 6.45) is 2.20. The summed E-state index contributed by atoms with van der Waals surface area (Å²) in [6, 6.07) is 4.22. The summed E-state index contributed by atoms with van der Waals surface area (Å²) >= 11 is 3.20. The monoisotopic (exact) mass is 374 g/mol. The third-order valence-corrected chi connectivity index (χ3v) is 5.47. The molecule has 2 N–H and O–H groups in total. The fourth-order valence-electron chi connectivity index (χ4n) is 1.75. The molecule has 0 amide bonds. The van der Waals surface area contributed by atoms with Gasteiger partial charge in [0.15, 0.2) is 5.82 Å². The lowest BCUT2D eigenvalue weighted by Gasteiger charge is -2.13. The molecule has 1 aromatic heterocycles. The molecule has 112 valence electrons. The zero-order valence-corrected chi connectivity index (χ0v) is 13.4. The minimum atomic E-state index is -4.00. The Morgan fingerprint density at radius 3 is 2.76 bits per heavy atom. The van der Waals surface area contributed by atoms with E-state index in [0.29, 0.717) is 15.6 Å². The second-order valence-corrected chi connectivity index (χ2v) is 6.79. The van der Waals surface area contributed by atoms with Gasteiger partial charge in [-0.2, -0.15) is 0 Å². The zero-order chi connectivity index (χ0) is 15.6. The van der Waals surface area contributed by atoms with Gasteiger partial charge in [0, 0.05) is 10.7 Å². The second kappa shape index (κ2) is 6.08. The molecule has 0 aliphatic rings. The number of pyridine rings is 1. The minimum Gasteiger partial charge on any atom is -0.392 e. The average molecular weight is 375 g/mol. The first kappa shape index (κ1) is 15.9. The van der Waals surface area contributed by atoms with Crippen molar-refractivity contribution < 1.29 is 17.9 Å². The highest BCUT2D eigenvalue weighted by atomic mass is 79.9. The third-order valence-electron chi connectivity index (χ3n) is 2.77. The highest BCUT2D eigenvalue weighted by Crippen LogP contribution is 2.29. The van der Waals surface area contributed by atoms with E-state index in [1.165, 1.54) is 18.3 Å². The van der Waals surface area contributed by atoms with Crippen molar-refractivity contribution in [2.24, 2.45) is 0 Å². The number of anilines is 1. The summed E-state index contributed by atoms with van der Waals surface area (Å²) in [5.74, 6) is -0.771. The molecular weight excluding hydrogens is 363 g/mol. The van der Waals surface area contributed by atoms with Gasteiger partial charge in [0.1, 0.15) is 4.90 Å². The van der Waals surface area contributed by atoms with Crippen molar-refractivity contribution in [3.8, 4) is 0 Å². The van der Waals surface area contributed by atoms with E-state index >= 15 is 0 Å². The lowest BCUT2D eigenvalue weighted by Crippen LogP contribution is -2.15. The predicted molar refractivity (Wildman–Crippen MR) is 79.8 cm³/mol. The molecular formula is C13H12BrFN2O3S. The predicted octanol–water partition coefficient (Wildman–Crippen LogP) is 2.58. The van der Waals surface area contributed by atoms with Crippen LogP contribution in [0.3, 0.4) is 0 Å². The Morgan fingerprint density at radius 2 is 2.14 bits per heavy atom. The largest absolute Gasteiger partial charge is 0.392 e. The molecule has 0 unspecified atom stereocenters. The Hall–Kier alpha value is -1.51. The van der Waals surface area contributed by atoms with E-state index in [4.69, 9.17) is 0 Å². The summed E-state index contributed by atoms with van der Waals surface area (Å²) in [5.41, 5.74) is 0.910. The number of aryl methyl sites for hydroxylation is 1. The van der Waals surface area contributed by atoms with Crippen molar-refractivity contribution >= 4 is 31.6 Å². The smallest absolute Gasteiger partial charge is 0.263 e. The van der Waals surface area contributed by atoms with Gasteiger partial charge in [0.05, 0.1) is 18.5 Å². The van der Waals surface area contributed by atoms with Crippen LogP contribution in [0.15, 0.2) is 40.0 Å². The summed E-state index contributed by atoms with van der Waals surface area (Å²) in [7, 11) is -4.00. The van der Waals surface area contributed by atoms with Gasteiger partial charge in [-0.25, -0.2) is 12.8 Å². The molecule has 0 aliphatic heterocycles. The third kappa shape index (κ3) is 3.39. The van der Waals surface area contributed by atoms with Crippen LogP contribution in [0.2, 0.25) is 0 Å². The van der Waals surface area contributed by atoms with Crippen molar-refractivity contribution in [2.75, 3.05) is 4.72 Å². The van der Waals surface area contributed by atoms with E-state index in [0.717, 1.165) is 6.20 Å². The highest BCUT2D eigenvalue weighted by molar-refractivity contribution is 9.10. The van der Waals surface area contributed by atoms with Crippen LogP contribution in [0, 0.1) is 12.7 Å². The van der Waals surface area contributed by atoms with Crippen molar-refractivity contribution in [1.82, 2.24) is 4.98 Å². The standard InChI is InChI=1S/C13H12BrFN2O3S/c1-8-4-9(7-18)5-12(13(8)14)21(19,20)17-11-2-3-16-6-10(11)15/h2-6,18H,7H2,1H3,(H,16,17). The van der Waals surface area contributed by atoms with Gasteiger partial charge in [0.2, 0.25) is 0 Å². The van der Waals surface area contributed by atoms with Crippen molar-refractivity contribution in [3.63, 3.8) is 0 Å². The van der Waals surface area contributed by atoms with E-state index in [1.807, 2.05) is 0 Å². The Labute approximate surface area is 130 Å². The Balaban J connectivity index is 2.50. The molecule has 0 saturated heterocycles. The van der Waals surface area contributed by atoms with Crippen LogP contribution in [0.25, 0.3) is 0 Å². The van der Waals surface area contributed by atoms with E-state index in [9.17, 15) is 17.9 Å². The minimum absolute atomic E-state index is 0.0669. The second-order valence-electron chi connectivity index (χ2n) is 4.34. The number of aliphatic hydroxyl groups is 1. The quantitative estimate of drug-likeness (QED) is 0.861. The van der Waals surface area contributed by atoms with Gasteiger partial charge in [-0.1, -0.05) is 6.07 Å². The van der Waals surface area contributed by atoms with Gasteiger partial charge < -0.3 is 5.11 Å². The molecule has 1 aromatic carbocycles. The average Bonchev–Trinajstić information content (AvgIpc) is 2.43. The topological polar surface area (TPSA) is 79.3 Å². The van der Waals surface area contributed by atoms with Crippen LogP contribution >= 0.6 is 15.9 Å². The van der Waals surface area contributed by atoms with Crippen LogP contribution < -0.4 is 4.72 Å². The summed E-state index contributed by atoms with van der Waals surface area (Å²) in [5, 5.41) is 9.18. The summed E-state index contributed by atoms with van der Waals surface area (Å²) in [6.45, 7) is 1.41. The molecule has 21 heavy (non-hydrogen) atoms. The summed E-state index contributed by atoms with van der Waals surface area (Å²) < 4.78 is 40.8. The van der Waals surface area contributed by atoms with Gasteiger partial charge in [-0.3, -0.25) is 9.71 Å². The molecule has 2 rings (SSSR count). The molecule has 0 fully saturated rings. The molecule has 0 atom stereocenters. The maximum Gasteiger partial charge on any atom is 0.263 e. The highest BCUT2D eigenvalue weighted by Gasteiger charge is 2.21. The van der Waals surface area contributed by atoms with Crippen molar-refractivity contribution in [1.29, 1.82) is 0 Å². The fourth-order valence-corrected chi connectivity index (χ4v) is 3.89. The van der Waals surface area contributed by atoms with Crippen molar-refractivity contribution in [3.05, 3.63) is 52.0 Å². The Morgan fingerprint density at radius 1 is 1.43 bits per heavy atom. The SMILES string of the molecule is Cc1cc(CO)cc(S(=O)(=O)Nc2ccncc2F)c1Br. The van der Waals surface area contributed by atoms with Gasteiger partial charge in [-0.05, 0) is 46.1 Å². The number of hydrogen-bond acceptors (Lipinski definition) is 4. The first-order valence-corrected chi connectivity index (χ1v) is 8.15. The zero-order valence-electron chi connectivity index (χ0n) is 11.0. The maximum atomic E-state index is 13.5. The van der Waals surface area contributed by atoms with Gasteiger partial charge >= 0.3 is 0 Å². The van der Waals surface area contributed by atoms with Crippen LogP contribution in [0.4, 0.5) is 10.1 Å². The normalized spacial score (nSPS) is 11.4. The number of halogens is 2. The van der Waals surface area contributed by atoms with Gasteiger partial charge in [-0.15, -0.1) is 0 Å². The van der Waals surface area contributed by atoms with Crippen LogP contribution in [-0.2, 0) is 16.6 Å². The molecule has 0 saturated carbocycles. The molecule has 5 nitrogen and oxygen atoms in total. The first-order chi connectivity index (χ1) is 9.85. The number of nitrogens with zero attached hydrogens (tertiary/aromatic N) is 1. The molecule has 2 aromatic rings. The summed E-state index contributed by atoms with van der Waals surface area (Å²) in [4.78, 5) is 3.49. The number of benzene rings is 1. The number of rotatable bonds is 4. The van der Waals surface area contributed by atoms with Crippen LogP contribution in [-0.4, -0.2) is 18.5 Å². The first-order valence-electron chi connectivity index (χ1n) is 5.87. The molecule has 0 radical (unpaired) electrons. The molecule has 0 aliphatic carbocycles. The van der Waals surface area contributed by atoms with E-state index in [-0.39, 0.29) is 17.2 Å². The Kier molecular flexibility index (Phi) is 4.60. The number of aliphatic hydroxyl groups excluding tert-OH is 1. The van der Waals surface area contributed by atoms with Gasteiger partial charge in [0.25, 0.3) is 10.0 Å². The molecule has 0 spiro atoms. The fraction of sp³-hybridized carbons (Fsp3) is 0.154. The number of hydrogen-bond donors (Lipinski definition) is 2. The number of aromatic nitrogens is 1.